The van der Waals surface area contributed by atoms with E-state index in [0.717, 1.165) is 24.6 Å². The van der Waals surface area contributed by atoms with Crippen LogP contribution in [0.2, 0.25) is 0 Å². The first-order valence-electron chi connectivity index (χ1n) is 6.38. The Morgan fingerprint density at radius 3 is 2.32 bits per heavy atom. The molecule has 1 N–H and O–H groups in total. The molecule has 1 fully saturated rings. The van der Waals surface area contributed by atoms with E-state index in [4.69, 9.17) is 0 Å². The van der Waals surface area contributed by atoms with Crippen LogP contribution in [0.25, 0.3) is 0 Å². The summed E-state index contributed by atoms with van der Waals surface area (Å²) < 4.78 is 2.01. The van der Waals surface area contributed by atoms with E-state index in [-0.39, 0.29) is 0 Å². The molecule has 0 radical (unpaired) electrons. The minimum Gasteiger partial charge on any atom is -0.384 e. The molecule has 1 heterocycles. The summed E-state index contributed by atoms with van der Waals surface area (Å²) in [5.41, 5.74) is 3.29. The van der Waals surface area contributed by atoms with E-state index < -0.39 is 6.10 Å². The van der Waals surface area contributed by atoms with Crippen molar-refractivity contribution in [1.82, 2.24) is 0 Å². The monoisotopic (exact) mass is 400 g/mol. The van der Waals surface area contributed by atoms with Crippen LogP contribution >= 0.6 is 43.2 Å². The molecule has 2 aromatic rings. The molecule has 0 amide bonds. The molecule has 1 aliphatic rings. The van der Waals surface area contributed by atoms with Crippen LogP contribution in [0.1, 0.15) is 48.0 Å². The van der Waals surface area contributed by atoms with Gasteiger partial charge in [-0.15, -0.1) is 11.3 Å². The van der Waals surface area contributed by atoms with Crippen molar-refractivity contribution in [3.63, 3.8) is 0 Å². The molecule has 100 valence electrons. The van der Waals surface area contributed by atoms with Crippen LogP contribution in [0, 0.1) is 0 Å². The quantitative estimate of drug-likeness (QED) is 0.707. The minimum absolute atomic E-state index is 0.563. The van der Waals surface area contributed by atoms with Gasteiger partial charge >= 0.3 is 0 Å². The van der Waals surface area contributed by atoms with Crippen molar-refractivity contribution in [3.05, 3.63) is 54.6 Å². The van der Waals surface area contributed by atoms with Gasteiger partial charge in [-0.05, 0) is 67.8 Å². The number of hydrogen-bond donors (Lipinski definition) is 1. The van der Waals surface area contributed by atoms with Gasteiger partial charge in [-0.3, -0.25) is 0 Å². The van der Waals surface area contributed by atoms with Crippen LogP contribution < -0.4 is 0 Å². The Morgan fingerprint density at radius 2 is 1.84 bits per heavy atom. The van der Waals surface area contributed by atoms with Crippen molar-refractivity contribution in [2.24, 2.45) is 0 Å². The smallest absolute Gasteiger partial charge is 0.106 e. The average molecular weight is 402 g/mol. The highest BCUT2D eigenvalue weighted by Crippen LogP contribution is 2.39. The lowest BCUT2D eigenvalue weighted by atomic mass is 9.80. The van der Waals surface area contributed by atoms with Crippen molar-refractivity contribution >= 4 is 43.2 Å². The molecule has 1 aromatic carbocycles. The third-order valence-electron chi connectivity index (χ3n) is 3.81. The molecule has 0 aliphatic heterocycles. The predicted octanol–water partition coefficient (Wildman–Crippen LogP) is 5.62. The highest BCUT2D eigenvalue weighted by Gasteiger charge is 2.20. The van der Waals surface area contributed by atoms with Crippen molar-refractivity contribution < 1.29 is 5.11 Å². The maximum absolute atomic E-state index is 10.4. The van der Waals surface area contributed by atoms with Gasteiger partial charge < -0.3 is 5.11 Å². The molecule has 3 rings (SSSR count). The molecule has 4 heteroatoms. The number of thiophene rings is 1. The molecule has 1 unspecified atom stereocenters. The number of benzene rings is 1. The molecule has 0 bridgehead atoms. The topological polar surface area (TPSA) is 20.2 Å². The number of aliphatic hydroxyl groups is 1. The van der Waals surface area contributed by atoms with E-state index in [2.05, 4.69) is 56.1 Å². The van der Waals surface area contributed by atoms with E-state index in [1.807, 2.05) is 6.07 Å². The van der Waals surface area contributed by atoms with Gasteiger partial charge in [-0.25, -0.2) is 0 Å². The highest BCUT2D eigenvalue weighted by atomic mass is 79.9. The van der Waals surface area contributed by atoms with Gasteiger partial charge in [0.1, 0.15) is 6.10 Å². The first-order chi connectivity index (χ1) is 9.15. The van der Waals surface area contributed by atoms with Gasteiger partial charge in [0.05, 0.1) is 7.57 Å². The van der Waals surface area contributed by atoms with Gasteiger partial charge in [-0.2, -0.15) is 0 Å². The van der Waals surface area contributed by atoms with E-state index in [0.29, 0.717) is 0 Å². The lowest BCUT2D eigenvalue weighted by Gasteiger charge is -2.26. The van der Waals surface area contributed by atoms with Crippen molar-refractivity contribution in [3.8, 4) is 0 Å². The maximum atomic E-state index is 10.4. The standard InChI is InChI=1S/C15H14Br2OS/c16-13-8-12(15(17)19-13)14(18)11-6-4-10(5-7-11)9-2-1-3-9/h4-9,14,18H,1-3H2. The minimum atomic E-state index is -0.563. The van der Waals surface area contributed by atoms with Crippen molar-refractivity contribution in [2.45, 2.75) is 31.3 Å². The third kappa shape index (κ3) is 2.82. The fourth-order valence-corrected chi connectivity index (χ4v) is 5.29. The van der Waals surface area contributed by atoms with E-state index in [1.165, 1.54) is 24.8 Å². The van der Waals surface area contributed by atoms with E-state index in [9.17, 15) is 5.11 Å². The Kier molecular flexibility index (Phi) is 4.13. The van der Waals surface area contributed by atoms with Gasteiger partial charge in [0.15, 0.2) is 0 Å². The van der Waals surface area contributed by atoms with E-state index >= 15 is 0 Å². The summed E-state index contributed by atoms with van der Waals surface area (Å²) in [7, 11) is 0. The second-order valence-corrected chi connectivity index (χ2v) is 8.73. The summed E-state index contributed by atoms with van der Waals surface area (Å²) in [5, 5.41) is 10.4. The summed E-state index contributed by atoms with van der Waals surface area (Å²) in [6.07, 6.45) is 3.41. The zero-order valence-electron chi connectivity index (χ0n) is 10.3. The normalized spacial score (nSPS) is 17.2. The summed E-state index contributed by atoms with van der Waals surface area (Å²) >= 11 is 8.54. The first kappa shape index (κ1) is 13.8. The Labute approximate surface area is 133 Å². The molecule has 0 spiro atoms. The zero-order valence-corrected chi connectivity index (χ0v) is 14.3. The SMILES string of the molecule is OC(c1ccc(C2CCC2)cc1)c1cc(Br)sc1Br. The predicted molar refractivity (Wildman–Crippen MR) is 86.8 cm³/mol. The largest absolute Gasteiger partial charge is 0.384 e. The number of halogens is 2. The molecule has 1 aromatic heterocycles. The number of hydrogen-bond acceptors (Lipinski definition) is 2. The van der Waals surface area contributed by atoms with E-state index in [1.54, 1.807) is 11.3 Å². The molecule has 1 nitrogen and oxygen atoms in total. The Balaban J connectivity index is 1.83. The zero-order chi connectivity index (χ0) is 13.4. The molecule has 1 atom stereocenters. The summed E-state index contributed by atoms with van der Waals surface area (Å²) in [6, 6.07) is 10.4. The summed E-state index contributed by atoms with van der Waals surface area (Å²) in [6.45, 7) is 0. The van der Waals surface area contributed by atoms with Crippen molar-refractivity contribution in [1.29, 1.82) is 0 Å². The van der Waals surface area contributed by atoms with Crippen LogP contribution in [0.4, 0.5) is 0 Å². The summed E-state index contributed by atoms with van der Waals surface area (Å²) in [4.78, 5) is 0. The lowest BCUT2D eigenvalue weighted by molar-refractivity contribution is 0.220. The average Bonchev–Trinajstić information content (AvgIpc) is 2.66. The maximum Gasteiger partial charge on any atom is 0.106 e. The van der Waals surface area contributed by atoms with Gasteiger partial charge in [0, 0.05) is 5.56 Å². The van der Waals surface area contributed by atoms with Gasteiger partial charge in [0.25, 0.3) is 0 Å². The second kappa shape index (κ2) is 5.68. The van der Waals surface area contributed by atoms with Crippen LogP contribution in [0.3, 0.4) is 0 Å². The highest BCUT2D eigenvalue weighted by molar-refractivity contribution is 9.12. The fraction of sp³-hybridized carbons (Fsp3) is 0.333. The Bertz CT molecular complexity index is 572. The Hall–Kier alpha value is -0.160. The van der Waals surface area contributed by atoms with Gasteiger partial charge in [-0.1, -0.05) is 30.7 Å². The molecule has 19 heavy (non-hydrogen) atoms. The lowest BCUT2D eigenvalue weighted by Crippen LogP contribution is -2.08. The van der Waals surface area contributed by atoms with Crippen molar-refractivity contribution in [2.75, 3.05) is 0 Å². The molecule has 1 aliphatic carbocycles. The Morgan fingerprint density at radius 1 is 1.16 bits per heavy atom. The summed E-state index contributed by atoms with van der Waals surface area (Å²) in [5.74, 6) is 0.744. The fourth-order valence-electron chi connectivity index (χ4n) is 2.41. The van der Waals surface area contributed by atoms with Gasteiger partial charge in [0.2, 0.25) is 0 Å². The molecule has 1 saturated carbocycles. The van der Waals surface area contributed by atoms with Crippen LogP contribution in [-0.2, 0) is 0 Å². The number of aliphatic hydroxyl groups excluding tert-OH is 1. The second-order valence-electron chi connectivity index (χ2n) is 4.98. The molecular formula is C15H14Br2OS. The molecular weight excluding hydrogens is 388 g/mol. The number of rotatable bonds is 3. The third-order valence-corrected chi connectivity index (χ3v) is 6.19. The first-order valence-corrected chi connectivity index (χ1v) is 8.78. The van der Waals surface area contributed by atoms with Crippen LogP contribution in [-0.4, -0.2) is 5.11 Å². The van der Waals surface area contributed by atoms with Crippen LogP contribution in [0.15, 0.2) is 37.9 Å². The molecule has 0 saturated heterocycles. The van der Waals surface area contributed by atoms with Crippen LogP contribution in [0.5, 0.6) is 0 Å².